The minimum atomic E-state index is -3.21. The molecule has 1 aliphatic rings. The van der Waals surface area contributed by atoms with Gasteiger partial charge in [-0.25, -0.2) is 8.42 Å². The molecule has 1 atom stereocenters. The lowest BCUT2D eigenvalue weighted by Crippen LogP contribution is -2.53. The molecule has 0 amide bonds. The number of rotatable bonds is 4. The number of nitrogens with zero attached hydrogens (tertiary/aromatic N) is 2. The average Bonchev–Trinajstić information content (AvgIpc) is 2.41. The fourth-order valence-corrected chi connectivity index (χ4v) is 4.15. The Morgan fingerprint density at radius 1 is 1.20 bits per heavy atom. The third-order valence-electron chi connectivity index (χ3n) is 4.07. The summed E-state index contributed by atoms with van der Waals surface area (Å²) in [7, 11) is -1.14. The lowest BCUT2D eigenvalue weighted by atomic mass is 10.1. The number of hydrogen-bond donors (Lipinski definition) is 0. The topological polar surface area (TPSA) is 40.6 Å². The first-order valence-electron chi connectivity index (χ1n) is 7.16. The van der Waals surface area contributed by atoms with Gasteiger partial charge in [0, 0.05) is 25.7 Å². The molecule has 1 saturated heterocycles. The molecular formula is C15H24N2O2S. The van der Waals surface area contributed by atoms with Crippen molar-refractivity contribution in [3.05, 3.63) is 35.4 Å². The van der Waals surface area contributed by atoms with Gasteiger partial charge in [0.15, 0.2) is 0 Å². The van der Waals surface area contributed by atoms with Gasteiger partial charge >= 0.3 is 0 Å². The second-order valence-electron chi connectivity index (χ2n) is 5.64. The third-order valence-corrected chi connectivity index (χ3v) is 5.89. The largest absolute Gasteiger partial charge is 0.301 e. The van der Waals surface area contributed by atoms with Gasteiger partial charge < -0.3 is 4.90 Å². The molecule has 1 aliphatic heterocycles. The number of hydrogen-bond acceptors (Lipinski definition) is 3. The van der Waals surface area contributed by atoms with Crippen LogP contribution >= 0.6 is 0 Å². The van der Waals surface area contributed by atoms with E-state index in [0.29, 0.717) is 19.1 Å². The zero-order valence-corrected chi connectivity index (χ0v) is 13.4. The molecule has 0 N–H and O–H groups in total. The number of piperazine rings is 1. The number of likely N-dealkylation sites (N-methyl/N-ethyl adjacent to an activating group) is 1. The predicted molar refractivity (Wildman–Crippen MR) is 82.1 cm³/mol. The Labute approximate surface area is 122 Å². The van der Waals surface area contributed by atoms with Crippen LogP contribution in [0.5, 0.6) is 0 Å². The molecule has 0 radical (unpaired) electrons. The van der Waals surface area contributed by atoms with Gasteiger partial charge in [-0.2, -0.15) is 4.31 Å². The molecule has 0 saturated carbocycles. The van der Waals surface area contributed by atoms with Crippen molar-refractivity contribution in [3.63, 3.8) is 0 Å². The summed E-state index contributed by atoms with van der Waals surface area (Å²) in [6.07, 6.45) is 0.979. The van der Waals surface area contributed by atoms with Crippen LogP contribution < -0.4 is 0 Å². The van der Waals surface area contributed by atoms with Crippen molar-refractivity contribution in [2.45, 2.75) is 32.1 Å². The van der Waals surface area contributed by atoms with Crippen molar-refractivity contribution in [3.8, 4) is 0 Å². The predicted octanol–water partition coefficient (Wildman–Crippen LogP) is 1.85. The Morgan fingerprint density at radius 3 is 2.45 bits per heavy atom. The molecule has 4 nitrogen and oxygen atoms in total. The number of benzene rings is 1. The zero-order chi connectivity index (χ0) is 14.8. The van der Waals surface area contributed by atoms with Crippen LogP contribution in [0, 0.1) is 6.92 Å². The van der Waals surface area contributed by atoms with E-state index in [1.54, 1.807) is 4.31 Å². The van der Waals surface area contributed by atoms with Crippen molar-refractivity contribution < 1.29 is 8.42 Å². The number of sulfonamides is 1. The maximum atomic E-state index is 12.5. The first-order chi connectivity index (χ1) is 9.42. The summed E-state index contributed by atoms with van der Waals surface area (Å²) in [6, 6.07) is 8.06. The van der Waals surface area contributed by atoms with Crippen molar-refractivity contribution in [2.75, 3.05) is 26.7 Å². The highest BCUT2D eigenvalue weighted by Gasteiger charge is 2.30. The van der Waals surface area contributed by atoms with Gasteiger partial charge in [0.2, 0.25) is 10.0 Å². The average molecular weight is 296 g/mol. The van der Waals surface area contributed by atoms with Gasteiger partial charge in [0.25, 0.3) is 0 Å². The van der Waals surface area contributed by atoms with Crippen LogP contribution in [-0.4, -0.2) is 50.3 Å². The van der Waals surface area contributed by atoms with Crippen LogP contribution in [0.4, 0.5) is 0 Å². The first kappa shape index (κ1) is 15.5. The van der Waals surface area contributed by atoms with E-state index < -0.39 is 10.0 Å². The molecule has 2 rings (SSSR count). The van der Waals surface area contributed by atoms with Gasteiger partial charge in [0.1, 0.15) is 0 Å². The molecule has 1 aromatic rings. The Morgan fingerprint density at radius 2 is 1.85 bits per heavy atom. The summed E-state index contributed by atoms with van der Waals surface area (Å²) in [5, 5.41) is 0. The Balaban J connectivity index is 2.08. The highest BCUT2D eigenvalue weighted by molar-refractivity contribution is 7.88. The Bertz CT molecular complexity index is 539. The van der Waals surface area contributed by atoms with E-state index in [1.807, 2.05) is 31.2 Å². The minimum Gasteiger partial charge on any atom is -0.301 e. The normalized spacial score (nSPS) is 22.1. The zero-order valence-electron chi connectivity index (χ0n) is 12.5. The SMILES string of the molecule is CCC1CN(S(=O)(=O)Cc2ccc(C)cc2)CCN1C. The molecule has 0 bridgehead atoms. The number of aryl methyl sites for hydroxylation is 1. The summed E-state index contributed by atoms with van der Waals surface area (Å²) in [5.41, 5.74) is 2.01. The molecule has 0 spiro atoms. The summed E-state index contributed by atoms with van der Waals surface area (Å²) in [6.45, 7) is 6.13. The quantitative estimate of drug-likeness (QED) is 0.851. The van der Waals surface area contributed by atoms with E-state index in [1.165, 1.54) is 0 Å². The van der Waals surface area contributed by atoms with E-state index in [9.17, 15) is 8.42 Å². The molecule has 20 heavy (non-hydrogen) atoms. The summed E-state index contributed by atoms with van der Waals surface area (Å²) in [5.74, 6) is 0.105. The molecule has 1 aromatic carbocycles. The fraction of sp³-hybridized carbons (Fsp3) is 0.600. The van der Waals surface area contributed by atoms with Crippen LogP contribution in [-0.2, 0) is 15.8 Å². The third kappa shape index (κ3) is 3.59. The summed E-state index contributed by atoms with van der Waals surface area (Å²) >= 11 is 0. The molecular weight excluding hydrogens is 272 g/mol. The van der Waals surface area contributed by atoms with Gasteiger partial charge in [-0.15, -0.1) is 0 Å². The van der Waals surface area contributed by atoms with Crippen LogP contribution in [0.15, 0.2) is 24.3 Å². The van der Waals surface area contributed by atoms with Crippen molar-refractivity contribution in [2.24, 2.45) is 0 Å². The minimum absolute atomic E-state index is 0.105. The van der Waals surface area contributed by atoms with Crippen molar-refractivity contribution in [1.82, 2.24) is 9.21 Å². The van der Waals surface area contributed by atoms with Crippen molar-refractivity contribution in [1.29, 1.82) is 0 Å². The van der Waals surface area contributed by atoms with Gasteiger partial charge in [0.05, 0.1) is 5.75 Å². The molecule has 1 heterocycles. The second-order valence-corrected chi connectivity index (χ2v) is 7.61. The van der Waals surface area contributed by atoms with E-state index in [2.05, 4.69) is 18.9 Å². The molecule has 1 fully saturated rings. The molecule has 0 aromatic heterocycles. The smallest absolute Gasteiger partial charge is 0.218 e. The monoisotopic (exact) mass is 296 g/mol. The van der Waals surface area contributed by atoms with Crippen LogP contribution in [0.2, 0.25) is 0 Å². The maximum absolute atomic E-state index is 12.5. The highest BCUT2D eigenvalue weighted by atomic mass is 32.2. The van der Waals surface area contributed by atoms with Crippen LogP contribution in [0.1, 0.15) is 24.5 Å². The second kappa shape index (κ2) is 6.24. The maximum Gasteiger partial charge on any atom is 0.218 e. The van der Waals surface area contributed by atoms with Crippen LogP contribution in [0.25, 0.3) is 0 Å². The Hall–Kier alpha value is -0.910. The highest BCUT2D eigenvalue weighted by Crippen LogP contribution is 2.17. The van der Waals surface area contributed by atoms with E-state index >= 15 is 0 Å². The van der Waals surface area contributed by atoms with Crippen LogP contribution in [0.3, 0.4) is 0 Å². The van der Waals surface area contributed by atoms with Gasteiger partial charge in [-0.1, -0.05) is 36.8 Å². The van der Waals surface area contributed by atoms with Crippen molar-refractivity contribution >= 4 is 10.0 Å². The summed E-state index contributed by atoms with van der Waals surface area (Å²) in [4.78, 5) is 2.25. The lowest BCUT2D eigenvalue weighted by molar-refractivity contribution is 0.144. The van der Waals surface area contributed by atoms with Gasteiger partial charge in [-0.05, 0) is 26.0 Å². The molecule has 0 aliphatic carbocycles. The first-order valence-corrected chi connectivity index (χ1v) is 8.77. The lowest BCUT2D eigenvalue weighted by Gasteiger charge is -2.38. The molecule has 112 valence electrons. The molecule has 5 heteroatoms. The van der Waals surface area contributed by atoms with E-state index in [0.717, 1.165) is 24.1 Å². The van der Waals surface area contributed by atoms with E-state index in [-0.39, 0.29) is 5.75 Å². The van der Waals surface area contributed by atoms with E-state index in [4.69, 9.17) is 0 Å². The molecule has 1 unspecified atom stereocenters. The van der Waals surface area contributed by atoms with Gasteiger partial charge in [-0.3, -0.25) is 0 Å². The standard InChI is InChI=1S/C15H24N2O2S/c1-4-15-11-17(10-9-16(15)3)20(18,19)12-14-7-5-13(2)6-8-14/h5-8,15H,4,9-12H2,1-3H3. The summed E-state index contributed by atoms with van der Waals surface area (Å²) < 4.78 is 26.7. The Kier molecular flexibility index (Phi) is 4.83. The fourth-order valence-electron chi connectivity index (χ4n) is 2.60.